The second-order valence-electron chi connectivity index (χ2n) is 8.41. The number of aliphatic hydroxyl groups is 1. The molecule has 2 aromatic carbocycles. The molecule has 0 aromatic heterocycles. The first-order chi connectivity index (χ1) is 17.0. The van der Waals surface area contributed by atoms with E-state index < -0.39 is 17.7 Å². The Kier molecular flexibility index (Phi) is 8.05. The zero-order valence-electron chi connectivity index (χ0n) is 20.2. The van der Waals surface area contributed by atoms with Gasteiger partial charge in [0.25, 0.3) is 11.7 Å². The maximum absolute atomic E-state index is 13.2. The Hall–Kier alpha value is -3.36. The van der Waals surface area contributed by atoms with Gasteiger partial charge in [-0.2, -0.15) is 0 Å². The van der Waals surface area contributed by atoms with Crippen molar-refractivity contribution in [1.82, 2.24) is 9.80 Å². The highest BCUT2D eigenvalue weighted by molar-refractivity contribution is 6.46. The Bertz CT molecular complexity index is 1060. The molecule has 1 atom stereocenters. The van der Waals surface area contributed by atoms with Crippen molar-refractivity contribution < 1.29 is 28.9 Å². The smallest absolute Gasteiger partial charge is 0.295 e. The molecule has 2 heterocycles. The molecular weight excluding hydrogens is 448 g/mol. The first-order valence-electron chi connectivity index (χ1n) is 12.1. The maximum Gasteiger partial charge on any atom is 0.295 e. The summed E-state index contributed by atoms with van der Waals surface area (Å²) < 4.78 is 16.4. The Morgan fingerprint density at radius 1 is 0.914 bits per heavy atom. The number of benzene rings is 2. The first-order valence-corrected chi connectivity index (χ1v) is 12.1. The largest absolute Gasteiger partial charge is 0.507 e. The summed E-state index contributed by atoms with van der Waals surface area (Å²) in [7, 11) is 0. The van der Waals surface area contributed by atoms with E-state index in [0.717, 1.165) is 18.7 Å². The van der Waals surface area contributed by atoms with Crippen molar-refractivity contribution in [1.29, 1.82) is 0 Å². The number of hydrogen-bond donors (Lipinski definition) is 1. The number of carbonyl (C=O) groups is 2. The van der Waals surface area contributed by atoms with Crippen molar-refractivity contribution in [3.8, 4) is 11.5 Å². The molecule has 1 amide bonds. The lowest BCUT2D eigenvalue weighted by Gasteiger charge is -2.31. The highest BCUT2D eigenvalue weighted by atomic mass is 16.5. The fraction of sp³-hybridized carbons (Fsp3) is 0.407. The van der Waals surface area contributed by atoms with Crippen LogP contribution in [0.25, 0.3) is 5.76 Å². The molecule has 2 aliphatic heterocycles. The number of rotatable bonds is 9. The van der Waals surface area contributed by atoms with Crippen LogP contribution in [0.1, 0.15) is 31.0 Å². The molecular formula is C27H32N2O6. The Morgan fingerprint density at radius 2 is 1.49 bits per heavy atom. The minimum Gasteiger partial charge on any atom is -0.507 e. The van der Waals surface area contributed by atoms with Gasteiger partial charge in [0.1, 0.15) is 17.3 Å². The van der Waals surface area contributed by atoms with E-state index in [0.29, 0.717) is 56.6 Å². The normalized spacial score (nSPS) is 20.3. The van der Waals surface area contributed by atoms with E-state index in [2.05, 4.69) is 4.90 Å². The number of carbonyl (C=O) groups excluding carboxylic acids is 2. The van der Waals surface area contributed by atoms with Crippen LogP contribution in [0, 0.1) is 0 Å². The number of hydrogen-bond acceptors (Lipinski definition) is 7. The van der Waals surface area contributed by atoms with E-state index in [9.17, 15) is 14.7 Å². The summed E-state index contributed by atoms with van der Waals surface area (Å²) in [6.45, 7) is 8.71. The monoisotopic (exact) mass is 480 g/mol. The molecule has 2 saturated heterocycles. The summed E-state index contributed by atoms with van der Waals surface area (Å²) in [5, 5.41) is 11.2. The predicted octanol–water partition coefficient (Wildman–Crippen LogP) is 3.24. The SMILES string of the molecule is CCOc1ccc(C(O)=C2C(=O)C(=O)N(CCN3CCOCC3)[C@@H]2c2ccc(OCC)cc2)cc1. The molecule has 8 heteroatoms. The maximum atomic E-state index is 13.2. The third kappa shape index (κ3) is 5.49. The standard InChI is InChI=1S/C27H32N2O6/c1-3-34-21-9-5-19(6-10-21)24-23(25(30)20-7-11-22(12-8-20)35-4-2)26(31)27(32)29(24)14-13-28-15-17-33-18-16-28/h5-12,24,30H,3-4,13-18H2,1-2H3/t24-/m1/s1. The van der Waals surface area contributed by atoms with Crippen LogP contribution in [0.15, 0.2) is 54.1 Å². The van der Waals surface area contributed by atoms with Crippen molar-refractivity contribution in [3.05, 3.63) is 65.2 Å². The summed E-state index contributed by atoms with van der Waals surface area (Å²) in [4.78, 5) is 30.1. The molecule has 2 aliphatic rings. The fourth-order valence-corrected chi connectivity index (χ4v) is 4.48. The van der Waals surface area contributed by atoms with Gasteiger partial charge >= 0.3 is 0 Å². The quantitative estimate of drug-likeness (QED) is 0.335. The Balaban J connectivity index is 1.70. The van der Waals surface area contributed by atoms with Gasteiger partial charge in [0, 0.05) is 31.7 Å². The molecule has 0 aliphatic carbocycles. The van der Waals surface area contributed by atoms with Crippen LogP contribution in [0.3, 0.4) is 0 Å². The van der Waals surface area contributed by atoms with Crippen LogP contribution in [0.5, 0.6) is 11.5 Å². The Labute approximate surface area is 205 Å². The van der Waals surface area contributed by atoms with Crippen molar-refractivity contribution in [2.24, 2.45) is 0 Å². The molecule has 2 aromatic rings. The molecule has 1 N–H and O–H groups in total. The third-order valence-electron chi connectivity index (χ3n) is 6.25. The second kappa shape index (κ2) is 11.4. The van der Waals surface area contributed by atoms with Crippen molar-refractivity contribution in [2.75, 3.05) is 52.6 Å². The molecule has 2 fully saturated rings. The summed E-state index contributed by atoms with van der Waals surface area (Å²) >= 11 is 0. The molecule has 0 unspecified atom stereocenters. The van der Waals surface area contributed by atoms with Crippen LogP contribution in [-0.4, -0.2) is 79.2 Å². The Morgan fingerprint density at radius 3 is 2.06 bits per heavy atom. The van der Waals surface area contributed by atoms with Crippen LogP contribution in [0.2, 0.25) is 0 Å². The number of likely N-dealkylation sites (tertiary alicyclic amines) is 1. The van der Waals surface area contributed by atoms with Crippen LogP contribution >= 0.6 is 0 Å². The summed E-state index contributed by atoms with van der Waals surface area (Å²) in [6.07, 6.45) is 0. The molecule has 0 spiro atoms. The van der Waals surface area contributed by atoms with Crippen molar-refractivity contribution in [3.63, 3.8) is 0 Å². The van der Waals surface area contributed by atoms with Gasteiger partial charge in [-0.25, -0.2) is 0 Å². The highest BCUT2D eigenvalue weighted by Gasteiger charge is 2.46. The zero-order valence-corrected chi connectivity index (χ0v) is 20.2. The molecule has 4 rings (SSSR count). The van der Waals surface area contributed by atoms with E-state index in [-0.39, 0.29) is 11.3 Å². The van der Waals surface area contributed by atoms with E-state index in [4.69, 9.17) is 14.2 Å². The average molecular weight is 481 g/mol. The molecule has 186 valence electrons. The van der Waals surface area contributed by atoms with Gasteiger partial charge in [0.2, 0.25) is 0 Å². The van der Waals surface area contributed by atoms with Crippen LogP contribution < -0.4 is 9.47 Å². The van der Waals surface area contributed by atoms with Gasteiger partial charge in [-0.05, 0) is 55.8 Å². The van der Waals surface area contributed by atoms with Gasteiger partial charge in [0.15, 0.2) is 0 Å². The minimum atomic E-state index is -0.696. The number of morpholine rings is 1. The summed E-state index contributed by atoms with van der Waals surface area (Å²) in [5.41, 5.74) is 1.28. The lowest BCUT2D eigenvalue weighted by molar-refractivity contribution is -0.140. The highest BCUT2D eigenvalue weighted by Crippen LogP contribution is 2.40. The number of amides is 1. The lowest BCUT2D eigenvalue weighted by Crippen LogP contribution is -2.42. The molecule has 0 bridgehead atoms. The number of ketones is 1. The molecule has 8 nitrogen and oxygen atoms in total. The van der Waals surface area contributed by atoms with Gasteiger partial charge in [-0.15, -0.1) is 0 Å². The number of aliphatic hydroxyl groups excluding tert-OH is 1. The lowest BCUT2D eigenvalue weighted by atomic mass is 9.95. The van der Waals surface area contributed by atoms with Crippen molar-refractivity contribution >= 4 is 17.4 Å². The second-order valence-corrected chi connectivity index (χ2v) is 8.41. The summed E-state index contributed by atoms with van der Waals surface area (Å²) in [5.74, 6) is -0.118. The minimum absolute atomic E-state index is 0.0882. The van der Waals surface area contributed by atoms with Crippen LogP contribution in [0.4, 0.5) is 0 Å². The summed E-state index contributed by atoms with van der Waals surface area (Å²) in [6, 6.07) is 13.5. The van der Waals surface area contributed by atoms with E-state index in [1.165, 1.54) is 0 Å². The topological polar surface area (TPSA) is 88.5 Å². The molecule has 35 heavy (non-hydrogen) atoms. The molecule has 0 saturated carbocycles. The number of ether oxygens (including phenoxy) is 3. The van der Waals surface area contributed by atoms with Gasteiger partial charge in [-0.3, -0.25) is 14.5 Å². The average Bonchev–Trinajstić information content (AvgIpc) is 3.14. The fourth-order valence-electron chi connectivity index (χ4n) is 4.48. The van der Waals surface area contributed by atoms with Gasteiger partial charge < -0.3 is 24.2 Å². The molecule has 0 radical (unpaired) electrons. The van der Waals surface area contributed by atoms with Gasteiger partial charge in [0.05, 0.1) is 38.0 Å². The van der Waals surface area contributed by atoms with E-state index in [1.807, 2.05) is 38.1 Å². The van der Waals surface area contributed by atoms with Crippen molar-refractivity contribution in [2.45, 2.75) is 19.9 Å². The predicted molar refractivity (Wildman–Crippen MR) is 131 cm³/mol. The van der Waals surface area contributed by atoms with E-state index >= 15 is 0 Å². The van der Waals surface area contributed by atoms with Crippen LogP contribution in [-0.2, 0) is 14.3 Å². The number of Topliss-reactive ketones (excluding diaryl/α,β-unsaturated/α-hetero) is 1. The number of nitrogens with zero attached hydrogens (tertiary/aromatic N) is 2. The first kappa shape index (κ1) is 24.8. The zero-order chi connectivity index (χ0) is 24.8. The van der Waals surface area contributed by atoms with E-state index in [1.54, 1.807) is 29.2 Å². The van der Waals surface area contributed by atoms with Gasteiger partial charge in [-0.1, -0.05) is 12.1 Å². The third-order valence-corrected chi connectivity index (χ3v) is 6.25.